The number of carboxylic acid groups (broad SMARTS) is 1. The second kappa shape index (κ2) is 6.58. The van der Waals surface area contributed by atoms with E-state index in [0.717, 1.165) is 0 Å². The molecular formula is C12H16N2O4. The monoisotopic (exact) mass is 252 g/mol. The van der Waals surface area contributed by atoms with Crippen LogP contribution >= 0.6 is 0 Å². The highest BCUT2D eigenvalue weighted by Crippen LogP contribution is 2.03. The van der Waals surface area contributed by atoms with Crippen molar-refractivity contribution >= 4 is 12.1 Å². The number of carbonyl (C=O) groups is 2. The summed E-state index contributed by atoms with van der Waals surface area (Å²) in [4.78, 5) is 26.3. The van der Waals surface area contributed by atoms with Crippen molar-refractivity contribution in [3.8, 4) is 0 Å². The van der Waals surface area contributed by atoms with Gasteiger partial charge in [-0.05, 0) is 18.1 Å². The molecule has 2 N–H and O–H groups in total. The van der Waals surface area contributed by atoms with E-state index in [0.29, 0.717) is 5.69 Å². The summed E-state index contributed by atoms with van der Waals surface area (Å²) in [6.45, 7) is 3.42. The van der Waals surface area contributed by atoms with Gasteiger partial charge in [0.25, 0.3) is 0 Å². The van der Waals surface area contributed by atoms with Gasteiger partial charge in [0.05, 0.1) is 5.69 Å². The number of alkyl carbamates (subject to hydrolysis) is 1. The van der Waals surface area contributed by atoms with Crippen LogP contribution in [0.25, 0.3) is 0 Å². The van der Waals surface area contributed by atoms with Crippen LogP contribution in [-0.2, 0) is 16.1 Å². The van der Waals surface area contributed by atoms with E-state index in [4.69, 9.17) is 9.84 Å². The number of carbonyl (C=O) groups excluding carboxylic acids is 1. The molecule has 0 radical (unpaired) electrons. The number of amides is 1. The molecule has 0 saturated carbocycles. The maximum Gasteiger partial charge on any atom is 0.408 e. The minimum absolute atomic E-state index is 0.0110. The summed E-state index contributed by atoms with van der Waals surface area (Å²) in [7, 11) is 0. The molecule has 0 saturated heterocycles. The highest BCUT2D eigenvalue weighted by molar-refractivity contribution is 5.80. The van der Waals surface area contributed by atoms with Crippen molar-refractivity contribution in [2.45, 2.75) is 26.5 Å². The molecule has 6 nitrogen and oxygen atoms in total. The molecule has 0 fully saturated rings. The van der Waals surface area contributed by atoms with Crippen molar-refractivity contribution in [3.05, 3.63) is 30.1 Å². The fourth-order valence-electron chi connectivity index (χ4n) is 1.31. The summed E-state index contributed by atoms with van der Waals surface area (Å²) in [6.07, 6.45) is 0.826. The fourth-order valence-corrected chi connectivity index (χ4v) is 1.31. The Hall–Kier alpha value is -2.11. The Balaban J connectivity index is 2.44. The highest BCUT2D eigenvalue weighted by atomic mass is 16.5. The van der Waals surface area contributed by atoms with Gasteiger partial charge in [0, 0.05) is 6.20 Å². The smallest absolute Gasteiger partial charge is 0.408 e. The van der Waals surface area contributed by atoms with E-state index in [1.807, 2.05) is 0 Å². The summed E-state index contributed by atoms with van der Waals surface area (Å²) in [5.41, 5.74) is 0.601. The number of nitrogens with one attached hydrogen (secondary N) is 1. The molecule has 0 aromatic carbocycles. The summed E-state index contributed by atoms with van der Waals surface area (Å²) < 4.78 is 4.88. The van der Waals surface area contributed by atoms with Crippen LogP contribution in [0.2, 0.25) is 0 Å². The van der Waals surface area contributed by atoms with E-state index in [1.54, 1.807) is 38.2 Å². The van der Waals surface area contributed by atoms with Gasteiger partial charge < -0.3 is 15.2 Å². The number of nitrogens with zero attached hydrogens (tertiary/aromatic N) is 1. The molecule has 1 aromatic heterocycles. The minimum Gasteiger partial charge on any atom is -0.480 e. The maximum absolute atomic E-state index is 11.4. The van der Waals surface area contributed by atoms with Crippen LogP contribution in [0.5, 0.6) is 0 Å². The summed E-state index contributed by atoms with van der Waals surface area (Å²) >= 11 is 0. The Kier molecular flexibility index (Phi) is 5.10. The molecule has 0 spiro atoms. The first-order chi connectivity index (χ1) is 8.50. The molecule has 6 heteroatoms. The van der Waals surface area contributed by atoms with Crippen molar-refractivity contribution in [2.75, 3.05) is 0 Å². The normalized spacial score (nSPS) is 11.9. The molecule has 0 bridgehead atoms. The molecule has 18 heavy (non-hydrogen) atoms. The molecule has 0 aliphatic rings. The first kappa shape index (κ1) is 14.0. The van der Waals surface area contributed by atoms with E-state index in [2.05, 4.69) is 10.3 Å². The van der Waals surface area contributed by atoms with Gasteiger partial charge in [0.2, 0.25) is 0 Å². The third-order valence-corrected chi connectivity index (χ3v) is 2.28. The Morgan fingerprint density at radius 2 is 2.17 bits per heavy atom. The number of ether oxygens (including phenoxy) is 1. The molecule has 1 heterocycles. The van der Waals surface area contributed by atoms with Gasteiger partial charge in [-0.15, -0.1) is 0 Å². The van der Waals surface area contributed by atoms with Gasteiger partial charge in [0.1, 0.15) is 12.6 Å². The topological polar surface area (TPSA) is 88.5 Å². The quantitative estimate of drug-likeness (QED) is 0.827. The zero-order valence-electron chi connectivity index (χ0n) is 10.3. The number of carboxylic acids is 1. The van der Waals surface area contributed by atoms with Gasteiger partial charge >= 0.3 is 12.1 Å². The third-order valence-electron chi connectivity index (χ3n) is 2.28. The number of rotatable bonds is 5. The molecule has 0 aliphatic heterocycles. The number of hydrogen-bond donors (Lipinski definition) is 2. The van der Waals surface area contributed by atoms with Crippen LogP contribution in [0.3, 0.4) is 0 Å². The second-order valence-electron chi connectivity index (χ2n) is 4.10. The van der Waals surface area contributed by atoms with Gasteiger partial charge in [-0.3, -0.25) is 4.98 Å². The molecule has 1 atom stereocenters. The number of aliphatic carboxylic acids is 1. The lowest BCUT2D eigenvalue weighted by atomic mass is 10.1. The highest BCUT2D eigenvalue weighted by Gasteiger charge is 2.23. The van der Waals surface area contributed by atoms with Crippen LogP contribution in [0.1, 0.15) is 19.5 Å². The lowest BCUT2D eigenvalue weighted by Crippen LogP contribution is -2.44. The zero-order chi connectivity index (χ0) is 13.5. The SMILES string of the molecule is CC(C)C(NC(=O)OCc1ccccn1)C(=O)O. The van der Waals surface area contributed by atoms with E-state index >= 15 is 0 Å². The average molecular weight is 252 g/mol. The van der Waals surface area contributed by atoms with Crippen LogP contribution in [0, 0.1) is 5.92 Å². The Morgan fingerprint density at radius 1 is 1.44 bits per heavy atom. The van der Waals surface area contributed by atoms with E-state index in [9.17, 15) is 9.59 Å². The van der Waals surface area contributed by atoms with Crippen LogP contribution in [0.15, 0.2) is 24.4 Å². The summed E-state index contributed by atoms with van der Waals surface area (Å²) in [6, 6.07) is 4.28. The van der Waals surface area contributed by atoms with Gasteiger partial charge in [0.15, 0.2) is 0 Å². The Labute approximate surface area is 105 Å². The molecule has 0 aliphatic carbocycles. The zero-order valence-corrected chi connectivity index (χ0v) is 10.3. The van der Waals surface area contributed by atoms with E-state index < -0.39 is 18.1 Å². The van der Waals surface area contributed by atoms with Crippen molar-refractivity contribution in [2.24, 2.45) is 5.92 Å². The van der Waals surface area contributed by atoms with Crippen LogP contribution < -0.4 is 5.32 Å². The van der Waals surface area contributed by atoms with Crippen LogP contribution in [-0.4, -0.2) is 28.2 Å². The van der Waals surface area contributed by atoms with Gasteiger partial charge in [-0.25, -0.2) is 9.59 Å². The van der Waals surface area contributed by atoms with Crippen molar-refractivity contribution < 1.29 is 19.4 Å². The van der Waals surface area contributed by atoms with Gasteiger partial charge in [-0.2, -0.15) is 0 Å². The van der Waals surface area contributed by atoms with E-state index in [-0.39, 0.29) is 12.5 Å². The third kappa shape index (κ3) is 4.40. The fraction of sp³-hybridized carbons (Fsp3) is 0.417. The first-order valence-electron chi connectivity index (χ1n) is 5.56. The average Bonchev–Trinajstić information content (AvgIpc) is 2.34. The van der Waals surface area contributed by atoms with Crippen LogP contribution in [0.4, 0.5) is 4.79 Å². The number of pyridine rings is 1. The predicted octanol–water partition coefficient (Wildman–Crippen LogP) is 1.42. The molecule has 1 aromatic rings. The Morgan fingerprint density at radius 3 is 2.67 bits per heavy atom. The molecular weight excluding hydrogens is 236 g/mol. The molecule has 1 amide bonds. The Bertz CT molecular complexity index is 406. The minimum atomic E-state index is -1.08. The van der Waals surface area contributed by atoms with Crippen molar-refractivity contribution in [1.29, 1.82) is 0 Å². The lowest BCUT2D eigenvalue weighted by molar-refractivity contribution is -0.140. The number of hydrogen-bond acceptors (Lipinski definition) is 4. The van der Waals surface area contributed by atoms with Gasteiger partial charge in [-0.1, -0.05) is 19.9 Å². The van der Waals surface area contributed by atoms with Crippen molar-refractivity contribution in [1.82, 2.24) is 10.3 Å². The van der Waals surface area contributed by atoms with Crippen molar-refractivity contribution in [3.63, 3.8) is 0 Å². The largest absolute Gasteiger partial charge is 0.480 e. The maximum atomic E-state index is 11.4. The second-order valence-corrected chi connectivity index (χ2v) is 4.10. The lowest BCUT2D eigenvalue weighted by Gasteiger charge is -2.17. The van der Waals surface area contributed by atoms with E-state index in [1.165, 1.54) is 0 Å². The standard InChI is InChI=1S/C12H16N2O4/c1-8(2)10(11(15)16)14-12(17)18-7-9-5-3-4-6-13-9/h3-6,8,10H,7H2,1-2H3,(H,14,17)(H,15,16). The predicted molar refractivity (Wildman–Crippen MR) is 63.8 cm³/mol. The summed E-state index contributed by atoms with van der Waals surface area (Å²) in [5.74, 6) is -1.30. The molecule has 1 unspecified atom stereocenters. The summed E-state index contributed by atoms with van der Waals surface area (Å²) in [5, 5.41) is 11.2. The first-order valence-corrected chi connectivity index (χ1v) is 5.56. The molecule has 98 valence electrons. The number of aromatic nitrogens is 1. The molecule has 1 rings (SSSR count).